The quantitative estimate of drug-likeness (QED) is 0.147. The van der Waals surface area contributed by atoms with Crippen LogP contribution in [0.2, 0.25) is 0 Å². The molecule has 278 valence electrons. The first-order valence-corrected chi connectivity index (χ1v) is 19.0. The van der Waals surface area contributed by atoms with E-state index in [9.17, 15) is 13.2 Å². The molecule has 5 rings (SSSR count). The first kappa shape index (κ1) is 38.4. The molecule has 3 aromatic carbocycles. The highest BCUT2D eigenvalue weighted by Crippen LogP contribution is 2.42. The summed E-state index contributed by atoms with van der Waals surface area (Å²) < 4.78 is 48.7. The maximum absolute atomic E-state index is 14.0. The van der Waals surface area contributed by atoms with Crippen LogP contribution in [0, 0.1) is 0 Å². The Kier molecular flexibility index (Phi) is 12.3. The van der Waals surface area contributed by atoms with Crippen molar-refractivity contribution < 1.29 is 27.4 Å². The number of hydrogen-bond donors (Lipinski definition) is 2. The molecule has 52 heavy (non-hydrogen) atoms. The number of amides is 1. The van der Waals surface area contributed by atoms with Crippen molar-refractivity contribution in [1.29, 1.82) is 0 Å². The Balaban J connectivity index is 1.53. The van der Waals surface area contributed by atoms with Gasteiger partial charge < -0.3 is 29.3 Å². The van der Waals surface area contributed by atoms with E-state index in [1.165, 1.54) is 7.11 Å². The summed E-state index contributed by atoms with van der Waals surface area (Å²) in [7, 11) is -0.600. The van der Waals surface area contributed by atoms with Crippen LogP contribution in [-0.2, 0) is 20.2 Å². The third kappa shape index (κ3) is 9.71. The minimum Gasteiger partial charge on any atom is -0.493 e. The number of likely N-dealkylation sites (N-methyl/N-ethyl adjacent to an activating group) is 1. The molecule has 1 fully saturated rings. The number of rotatable bonds is 13. The fourth-order valence-electron chi connectivity index (χ4n) is 5.77. The largest absolute Gasteiger partial charge is 0.493 e. The monoisotopic (exact) mass is 730 g/mol. The van der Waals surface area contributed by atoms with Crippen molar-refractivity contribution in [3.05, 3.63) is 83.9 Å². The van der Waals surface area contributed by atoms with Crippen LogP contribution in [0.15, 0.2) is 77.7 Å². The van der Waals surface area contributed by atoms with Crippen LogP contribution in [0.1, 0.15) is 64.5 Å². The molecule has 0 saturated carbocycles. The second kappa shape index (κ2) is 16.6. The molecule has 0 spiro atoms. The zero-order valence-corrected chi connectivity index (χ0v) is 31.9. The topological polar surface area (TPSA) is 135 Å². The lowest BCUT2D eigenvalue weighted by Gasteiger charge is -2.24. The Bertz CT molecular complexity index is 1950. The number of anilines is 3. The molecule has 0 aliphatic carbocycles. The summed E-state index contributed by atoms with van der Waals surface area (Å²) >= 11 is 0. The van der Waals surface area contributed by atoms with Gasteiger partial charge in [-0.3, -0.25) is 9.52 Å². The second-order valence-electron chi connectivity index (χ2n) is 14.2. The standard InChI is InChI=1S/C39H50N6O6S/c1-27(2)30-13-8-9-14-31(30)40-34(46)21-26-50-37-35(51-33-16-11-10-15-32(33)49-7)36(41-38(42-37)45-23-12-22-44(6)24-25-45)43-52(47,48)29-19-17-28(18-20-29)39(3,4)5/h8-11,13-20,27H,12,21-26H2,1-7H3,(H,40,46)(H,41,42,43). The SMILES string of the molecule is COc1ccccc1Oc1c(NS(=O)(=O)c2ccc(C(C)(C)C)cc2)nc(N2CCCN(C)CC2)nc1OCCC(=O)Nc1ccccc1C(C)C. The highest BCUT2D eigenvalue weighted by molar-refractivity contribution is 7.92. The minimum atomic E-state index is -4.16. The molecular weight excluding hydrogens is 681 g/mol. The van der Waals surface area contributed by atoms with Crippen molar-refractivity contribution in [2.75, 3.05) is 61.9 Å². The molecule has 1 saturated heterocycles. The molecular formula is C39H50N6O6S. The van der Waals surface area contributed by atoms with E-state index in [1.54, 1.807) is 48.5 Å². The van der Waals surface area contributed by atoms with Crippen molar-refractivity contribution in [3.63, 3.8) is 0 Å². The Hall–Kier alpha value is -4.88. The van der Waals surface area contributed by atoms with E-state index < -0.39 is 10.0 Å². The molecule has 12 nitrogen and oxygen atoms in total. The number of hydrogen-bond acceptors (Lipinski definition) is 10. The van der Waals surface area contributed by atoms with E-state index in [-0.39, 0.29) is 58.6 Å². The van der Waals surface area contributed by atoms with Crippen LogP contribution in [-0.4, -0.2) is 76.1 Å². The number of carbonyl (C=O) groups excluding carboxylic acids is 1. The Labute approximate surface area is 307 Å². The first-order chi connectivity index (χ1) is 24.7. The highest BCUT2D eigenvalue weighted by atomic mass is 32.2. The summed E-state index contributed by atoms with van der Waals surface area (Å²) in [6.45, 7) is 13.2. The summed E-state index contributed by atoms with van der Waals surface area (Å²) in [5.74, 6) is 0.741. The van der Waals surface area contributed by atoms with Crippen molar-refractivity contribution in [1.82, 2.24) is 14.9 Å². The number of ether oxygens (including phenoxy) is 3. The van der Waals surface area contributed by atoms with Crippen LogP contribution < -0.4 is 29.1 Å². The molecule has 0 unspecified atom stereocenters. The van der Waals surface area contributed by atoms with Gasteiger partial charge in [-0.1, -0.05) is 77.1 Å². The number of sulfonamides is 1. The number of para-hydroxylation sites is 3. The number of nitrogens with zero attached hydrogens (tertiary/aromatic N) is 4. The van der Waals surface area contributed by atoms with Gasteiger partial charge >= 0.3 is 0 Å². The number of aromatic nitrogens is 2. The van der Waals surface area contributed by atoms with Gasteiger partial charge in [-0.2, -0.15) is 9.97 Å². The molecule has 2 N–H and O–H groups in total. The third-order valence-electron chi connectivity index (χ3n) is 8.79. The Morgan fingerprint density at radius 2 is 1.60 bits per heavy atom. The predicted molar refractivity (Wildman–Crippen MR) is 205 cm³/mol. The zero-order valence-electron chi connectivity index (χ0n) is 31.1. The molecule has 0 atom stereocenters. The lowest BCUT2D eigenvalue weighted by molar-refractivity contribution is -0.116. The molecule has 1 aliphatic heterocycles. The van der Waals surface area contributed by atoms with Gasteiger partial charge in [0, 0.05) is 25.3 Å². The highest BCUT2D eigenvalue weighted by Gasteiger charge is 2.28. The van der Waals surface area contributed by atoms with Crippen LogP contribution >= 0.6 is 0 Å². The van der Waals surface area contributed by atoms with E-state index in [1.807, 2.05) is 29.2 Å². The number of benzene rings is 3. The van der Waals surface area contributed by atoms with Gasteiger partial charge in [0.1, 0.15) is 0 Å². The normalized spacial score (nSPS) is 14.1. The van der Waals surface area contributed by atoms with E-state index in [0.717, 1.165) is 36.3 Å². The molecule has 1 aromatic heterocycles. The smallest absolute Gasteiger partial charge is 0.265 e. The van der Waals surface area contributed by atoms with Gasteiger partial charge in [0.2, 0.25) is 17.6 Å². The van der Waals surface area contributed by atoms with Gasteiger partial charge in [-0.15, -0.1) is 0 Å². The van der Waals surface area contributed by atoms with Crippen molar-refractivity contribution in [3.8, 4) is 23.1 Å². The molecule has 1 amide bonds. The van der Waals surface area contributed by atoms with Crippen molar-refractivity contribution >= 4 is 33.4 Å². The van der Waals surface area contributed by atoms with E-state index in [2.05, 4.69) is 56.6 Å². The predicted octanol–water partition coefficient (Wildman–Crippen LogP) is 7.05. The third-order valence-corrected chi connectivity index (χ3v) is 10.1. The van der Waals surface area contributed by atoms with Crippen molar-refractivity contribution in [2.24, 2.45) is 0 Å². The van der Waals surface area contributed by atoms with E-state index in [0.29, 0.717) is 24.6 Å². The number of carbonyl (C=O) groups is 1. The van der Waals surface area contributed by atoms with Gasteiger partial charge in [0.15, 0.2) is 17.3 Å². The first-order valence-electron chi connectivity index (χ1n) is 17.6. The summed E-state index contributed by atoms with van der Waals surface area (Å²) in [5.41, 5.74) is 2.60. The summed E-state index contributed by atoms with van der Waals surface area (Å²) in [5, 5.41) is 2.99. The summed E-state index contributed by atoms with van der Waals surface area (Å²) in [6, 6.07) is 21.4. The second-order valence-corrected chi connectivity index (χ2v) is 15.9. The van der Waals surface area contributed by atoms with Gasteiger partial charge in [0.05, 0.1) is 25.0 Å². The van der Waals surface area contributed by atoms with Gasteiger partial charge in [0.25, 0.3) is 15.9 Å². The zero-order chi connectivity index (χ0) is 37.5. The van der Waals surface area contributed by atoms with Crippen molar-refractivity contribution in [2.45, 2.75) is 63.7 Å². The average molecular weight is 731 g/mol. The number of nitrogens with one attached hydrogen (secondary N) is 2. The molecule has 0 bridgehead atoms. The fourth-order valence-corrected chi connectivity index (χ4v) is 6.77. The molecule has 13 heteroatoms. The van der Waals surface area contributed by atoms with Crippen LogP contribution in [0.25, 0.3) is 0 Å². The van der Waals surface area contributed by atoms with E-state index in [4.69, 9.17) is 24.2 Å². The van der Waals surface area contributed by atoms with Crippen LogP contribution in [0.5, 0.6) is 23.1 Å². The maximum Gasteiger partial charge on any atom is 0.265 e. The summed E-state index contributed by atoms with van der Waals surface area (Å²) in [4.78, 5) is 26.9. The Morgan fingerprint density at radius 3 is 2.29 bits per heavy atom. The van der Waals surface area contributed by atoms with Crippen LogP contribution in [0.3, 0.4) is 0 Å². The molecule has 4 aromatic rings. The average Bonchev–Trinajstić information content (AvgIpc) is 3.33. The minimum absolute atomic E-state index is 0.00441. The van der Waals surface area contributed by atoms with Gasteiger partial charge in [-0.05, 0) is 72.8 Å². The van der Waals surface area contributed by atoms with E-state index >= 15 is 0 Å². The summed E-state index contributed by atoms with van der Waals surface area (Å²) in [6.07, 6.45) is 0.851. The van der Waals surface area contributed by atoms with Crippen LogP contribution in [0.4, 0.5) is 17.5 Å². The molecule has 0 radical (unpaired) electrons. The molecule has 2 heterocycles. The Morgan fingerprint density at radius 1 is 0.904 bits per heavy atom. The van der Waals surface area contributed by atoms with Gasteiger partial charge in [-0.25, -0.2) is 8.42 Å². The number of methoxy groups -OCH3 is 1. The fraction of sp³-hybridized carbons (Fsp3) is 0.410. The lowest BCUT2D eigenvalue weighted by Crippen LogP contribution is -2.30. The lowest BCUT2D eigenvalue weighted by atomic mass is 9.87. The molecule has 1 aliphatic rings. The maximum atomic E-state index is 14.0.